The van der Waals surface area contributed by atoms with Crippen LogP contribution in [0.2, 0.25) is 0 Å². The van der Waals surface area contributed by atoms with Gasteiger partial charge in [-0.15, -0.1) is 0 Å². The molecule has 16 heavy (non-hydrogen) atoms. The van der Waals surface area contributed by atoms with Gasteiger partial charge in [0, 0.05) is 6.42 Å². The van der Waals surface area contributed by atoms with Crippen LogP contribution < -0.4 is 5.73 Å². The van der Waals surface area contributed by atoms with Gasteiger partial charge in [0.25, 0.3) is 0 Å². The minimum atomic E-state index is -0.661. The van der Waals surface area contributed by atoms with Crippen LogP contribution in [0.5, 0.6) is 0 Å². The Morgan fingerprint density at radius 2 is 1.31 bits per heavy atom. The van der Waals surface area contributed by atoms with Crippen LogP contribution in [0.4, 0.5) is 0 Å². The van der Waals surface area contributed by atoms with Crippen LogP contribution in [0.3, 0.4) is 0 Å². The third kappa shape index (κ3) is 23.3. The summed E-state index contributed by atoms with van der Waals surface area (Å²) in [6.07, 6.45) is 10.1. The molecular weight excluding hydrogens is 202 g/mol. The lowest BCUT2D eigenvalue weighted by atomic mass is 10.1. The van der Waals surface area contributed by atoms with E-state index in [0.29, 0.717) is 6.42 Å². The number of hydrogen-bond acceptors (Lipinski definition) is 2. The SMILES string of the molecule is CCCCCCCCCCC(=O)O.CCN. The minimum Gasteiger partial charge on any atom is -0.481 e. The maximum atomic E-state index is 10.2. The van der Waals surface area contributed by atoms with Gasteiger partial charge in [-0.3, -0.25) is 4.79 Å². The molecule has 0 aliphatic rings. The van der Waals surface area contributed by atoms with Gasteiger partial charge in [-0.25, -0.2) is 0 Å². The highest BCUT2D eigenvalue weighted by Crippen LogP contribution is 2.09. The van der Waals surface area contributed by atoms with Gasteiger partial charge in [-0.05, 0) is 13.0 Å². The quantitative estimate of drug-likeness (QED) is 0.596. The molecule has 0 rings (SSSR count). The van der Waals surface area contributed by atoms with Crippen LogP contribution in [-0.2, 0) is 4.79 Å². The average molecular weight is 231 g/mol. The molecule has 0 fully saturated rings. The topological polar surface area (TPSA) is 63.3 Å². The second kappa shape index (κ2) is 16.8. The molecule has 0 heterocycles. The summed E-state index contributed by atoms with van der Waals surface area (Å²) in [5.74, 6) is -0.661. The van der Waals surface area contributed by atoms with Gasteiger partial charge in [0.15, 0.2) is 0 Å². The number of carbonyl (C=O) groups is 1. The molecule has 0 unspecified atom stereocenters. The third-order valence-electron chi connectivity index (χ3n) is 2.24. The molecular formula is C13H29NO2. The Morgan fingerprint density at radius 3 is 1.69 bits per heavy atom. The minimum absolute atomic E-state index is 0.342. The van der Waals surface area contributed by atoms with Gasteiger partial charge < -0.3 is 10.8 Å². The predicted molar refractivity (Wildman–Crippen MR) is 69.6 cm³/mol. The molecule has 0 aromatic rings. The summed E-state index contributed by atoms with van der Waals surface area (Å²) in [5, 5.41) is 8.39. The highest BCUT2D eigenvalue weighted by molar-refractivity contribution is 5.66. The van der Waals surface area contributed by atoms with E-state index in [1.54, 1.807) is 0 Å². The van der Waals surface area contributed by atoms with Gasteiger partial charge in [-0.1, -0.05) is 58.8 Å². The Labute approximate surface area is 100 Å². The lowest BCUT2D eigenvalue weighted by Gasteiger charge is -1.99. The van der Waals surface area contributed by atoms with Crippen molar-refractivity contribution in [1.29, 1.82) is 0 Å². The zero-order chi connectivity index (χ0) is 12.6. The van der Waals surface area contributed by atoms with Crippen molar-refractivity contribution in [3.05, 3.63) is 0 Å². The van der Waals surface area contributed by atoms with E-state index in [9.17, 15) is 4.79 Å². The van der Waals surface area contributed by atoms with Crippen molar-refractivity contribution in [3.8, 4) is 0 Å². The molecule has 0 aromatic heterocycles. The maximum Gasteiger partial charge on any atom is 0.303 e. The van der Waals surface area contributed by atoms with E-state index >= 15 is 0 Å². The zero-order valence-electron chi connectivity index (χ0n) is 11.0. The molecule has 0 bridgehead atoms. The Balaban J connectivity index is 0. The monoisotopic (exact) mass is 231 g/mol. The first-order valence-corrected chi connectivity index (χ1v) is 6.60. The fourth-order valence-electron chi connectivity index (χ4n) is 1.41. The van der Waals surface area contributed by atoms with Crippen LogP contribution in [0, 0.1) is 0 Å². The van der Waals surface area contributed by atoms with E-state index in [1.165, 1.54) is 38.5 Å². The molecule has 0 amide bonds. The molecule has 0 atom stereocenters. The second-order valence-electron chi connectivity index (χ2n) is 4.03. The lowest BCUT2D eigenvalue weighted by Crippen LogP contribution is -1.93. The van der Waals surface area contributed by atoms with Crippen LogP contribution in [0.25, 0.3) is 0 Å². The van der Waals surface area contributed by atoms with Crippen molar-refractivity contribution < 1.29 is 9.90 Å². The number of rotatable bonds is 9. The largest absolute Gasteiger partial charge is 0.481 e. The number of unbranched alkanes of at least 4 members (excludes halogenated alkanes) is 7. The standard InChI is InChI=1S/C11H22O2.C2H7N/c1-2-3-4-5-6-7-8-9-10-11(12)13;1-2-3/h2-10H2,1H3,(H,12,13);2-3H2,1H3. The Hall–Kier alpha value is -0.570. The molecule has 98 valence electrons. The fourth-order valence-corrected chi connectivity index (χ4v) is 1.41. The number of hydrogen-bond donors (Lipinski definition) is 2. The Morgan fingerprint density at radius 1 is 0.938 bits per heavy atom. The highest BCUT2D eigenvalue weighted by Gasteiger charge is 1.95. The molecule has 0 radical (unpaired) electrons. The molecule has 0 saturated carbocycles. The number of nitrogens with two attached hydrogens (primary N) is 1. The summed E-state index contributed by atoms with van der Waals surface area (Å²) in [5.41, 5.74) is 4.85. The molecule has 3 heteroatoms. The Bertz CT molecular complexity index is 138. The summed E-state index contributed by atoms with van der Waals surface area (Å²) >= 11 is 0. The van der Waals surface area contributed by atoms with E-state index in [2.05, 4.69) is 6.92 Å². The van der Waals surface area contributed by atoms with Crippen molar-refractivity contribution >= 4 is 5.97 Å². The molecule has 0 spiro atoms. The van der Waals surface area contributed by atoms with Crippen LogP contribution in [-0.4, -0.2) is 17.6 Å². The number of aliphatic carboxylic acids is 1. The normalized spacial score (nSPS) is 9.44. The second-order valence-corrected chi connectivity index (χ2v) is 4.03. The van der Waals surface area contributed by atoms with E-state index in [4.69, 9.17) is 10.8 Å². The molecule has 3 N–H and O–H groups in total. The van der Waals surface area contributed by atoms with Gasteiger partial charge in [0.1, 0.15) is 0 Å². The highest BCUT2D eigenvalue weighted by atomic mass is 16.4. The van der Waals surface area contributed by atoms with Gasteiger partial charge in [0.05, 0.1) is 0 Å². The van der Waals surface area contributed by atoms with Gasteiger partial charge in [-0.2, -0.15) is 0 Å². The van der Waals surface area contributed by atoms with Crippen molar-refractivity contribution in [2.45, 2.75) is 71.6 Å². The van der Waals surface area contributed by atoms with Crippen LogP contribution in [0.15, 0.2) is 0 Å². The molecule has 3 nitrogen and oxygen atoms in total. The number of carboxylic acid groups (broad SMARTS) is 1. The molecule has 0 aromatic carbocycles. The van der Waals surface area contributed by atoms with Crippen LogP contribution in [0.1, 0.15) is 71.6 Å². The predicted octanol–water partition coefficient (Wildman–Crippen LogP) is 3.57. The van der Waals surface area contributed by atoms with E-state index in [0.717, 1.165) is 19.4 Å². The summed E-state index contributed by atoms with van der Waals surface area (Å²) in [6, 6.07) is 0. The van der Waals surface area contributed by atoms with E-state index < -0.39 is 5.97 Å². The van der Waals surface area contributed by atoms with Gasteiger partial charge in [0.2, 0.25) is 0 Å². The zero-order valence-corrected chi connectivity index (χ0v) is 11.0. The van der Waals surface area contributed by atoms with Crippen molar-refractivity contribution in [2.24, 2.45) is 5.73 Å². The van der Waals surface area contributed by atoms with Crippen molar-refractivity contribution in [1.82, 2.24) is 0 Å². The third-order valence-corrected chi connectivity index (χ3v) is 2.24. The number of carboxylic acids is 1. The smallest absolute Gasteiger partial charge is 0.303 e. The van der Waals surface area contributed by atoms with Crippen LogP contribution >= 0.6 is 0 Å². The lowest BCUT2D eigenvalue weighted by molar-refractivity contribution is -0.137. The first-order chi connectivity index (χ1) is 7.68. The molecule has 0 saturated heterocycles. The average Bonchev–Trinajstić information content (AvgIpc) is 2.23. The first-order valence-electron chi connectivity index (χ1n) is 6.60. The maximum absolute atomic E-state index is 10.2. The Kier molecular flexibility index (Phi) is 18.8. The van der Waals surface area contributed by atoms with Gasteiger partial charge >= 0.3 is 5.97 Å². The fraction of sp³-hybridized carbons (Fsp3) is 0.923. The molecule has 0 aliphatic carbocycles. The summed E-state index contributed by atoms with van der Waals surface area (Å²) < 4.78 is 0. The summed E-state index contributed by atoms with van der Waals surface area (Å²) in [4.78, 5) is 10.2. The first kappa shape index (κ1) is 17.8. The van der Waals surface area contributed by atoms with E-state index in [1.807, 2.05) is 6.92 Å². The molecule has 0 aliphatic heterocycles. The van der Waals surface area contributed by atoms with E-state index in [-0.39, 0.29) is 0 Å². The summed E-state index contributed by atoms with van der Waals surface area (Å²) in [7, 11) is 0. The van der Waals surface area contributed by atoms with Crippen molar-refractivity contribution in [3.63, 3.8) is 0 Å². The summed E-state index contributed by atoms with van der Waals surface area (Å²) in [6.45, 7) is 4.87. The van der Waals surface area contributed by atoms with Crippen molar-refractivity contribution in [2.75, 3.05) is 6.54 Å².